The fourth-order valence-corrected chi connectivity index (χ4v) is 3.87. The molecule has 4 rings (SSSR count). The molecule has 0 bridgehead atoms. The van der Waals surface area contributed by atoms with E-state index in [1.807, 2.05) is 18.2 Å². The third kappa shape index (κ3) is 3.56. The van der Waals surface area contributed by atoms with Crippen LogP contribution in [0.5, 0.6) is 5.75 Å². The molecule has 0 aliphatic carbocycles. The maximum Gasteiger partial charge on any atom is 0.267 e. The monoisotopic (exact) mass is 378 g/mol. The van der Waals surface area contributed by atoms with Crippen LogP contribution in [0, 0.1) is 0 Å². The molecule has 2 aliphatic heterocycles. The van der Waals surface area contributed by atoms with E-state index in [9.17, 15) is 9.59 Å². The van der Waals surface area contributed by atoms with Gasteiger partial charge in [-0.25, -0.2) is 5.48 Å². The standard InChI is InChI=1S/C22H22N2O4/c25-20(23-27)9-7-16-6-8-19-18(14-16)21(26)22(28-19)10-12-24(13-11-22)15-17-4-2-1-3-5-17/h1-9,14,27H,10-13,15H2,(H,23,25)/b9-7+. The van der Waals surface area contributed by atoms with Crippen LogP contribution in [-0.4, -0.2) is 40.5 Å². The second-order valence-corrected chi connectivity index (χ2v) is 7.25. The van der Waals surface area contributed by atoms with Gasteiger partial charge in [-0.3, -0.25) is 19.7 Å². The lowest BCUT2D eigenvalue weighted by Gasteiger charge is -2.37. The summed E-state index contributed by atoms with van der Waals surface area (Å²) in [5.41, 5.74) is 3.30. The van der Waals surface area contributed by atoms with Gasteiger partial charge < -0.3 is 4.74 Å². The topological polar surface area (TPSA) is 78.9 Å². The Bertz CT molecular complexity index is 915. The van der Waals surface area contributed by atoms with Crippen molar-refractivity contribution in [3.63, 3.8) is 0 Å². The first-order valence-electron chi connectivity index (χ1n) is 9.36. The molecule has 2 aromatic carbocycles. The molecule has 6 nitrogen and oxygen atoms in total. The Morgan fingerprint density at radius 3 is 2.64 bits per heavy atom. The first-order valence-corrected chi connectivity index (χ1v) is 9.36. The van der Waals surface area contributed by atoms with Gasteiger partial charge in [0.2, 0.25) is 5.78 Å². The molecule has 2 aliphatic rings. The van der Waals surface area contributed by atoms with Crippen LogP contribution < -0.4 is 10.2 Å². The smallest absolute Gasteiger partial charge is 0.267 e. The summed E-state index contributed by atoms with van der Waals surface area (Å²) in [6.45, 7) is 2.48. The van der Waals surface area contributed by atoms with Gasteiger partial charge in [0.1, 0.15) is 5.75 Å². The predicted octanol–water partition coefficient (Wildman–Crippen LogP) is 2.82. The van der Waals surface area contributed by atoms with Crippen molar-refractivity contribution >= 4 is 17.8 Å². The molecule has 144 valence electrons. The highest BCUT2D eigenvalue weighted by molar-refractivity contribution is 6.08. The van der Waals surface area contributed by atoms with Gasteiger partial charge in [-0.05, 0) is 29.3 Å². The number of benzene rings is 2. The Balaban J connectivity index is 1.44. The van der Waals surface area contributed by atoms with Crippen molar-refractivity contribution in [2.45, 2.75) is 25.0 Å². The lowest BCUT2D eigenvalue weighted by Crippen LogP contribution is -2.50. The van der Waals surface area contributed by atoms with E-state index in [1.165, 1.54) is 11.6 Å². The van der Waals surface area contributed by atoms with Crippen molar-refractivity contribution in [1.82, 2.24) is 10.4 Å². The van der Waals surface area contributed by atoms with Crippen LogP contribution in [-0.2, 0) is 11.3 Å². The van der Waals surface area contributed by atoms with Gasteiger partial charge in [-0.2, -0.15) is 0 Å². The number of amides is 1. The fourth-order valence-electron chi connectivity index (χ4n) is 3.87. The largest absolute Gasteiger partial charge is 0.478 e. The second kappa shape index (κ2) is 7.58. The number of hydrogen-bond acceptors (Lipinski definition) is 5. The molecule has 2 aromatic rings. The minimum Gasteiger partial charge on any atom is -0.478 e. The van der Waals surface area contributed by atoms with Crippen molar-refractivity contribution in [3.05, 3.63) is 71.3 Å². The van der Waals surface area contributed by atoms with Crippen molar-refractivity contribution < 1.29 is 19.5 Å². The number of rotatable bonds is 4. The van der Waals surface area contributed by atoms with E-state index in [0.29, 0.717) is 29.7 Å². The van der Waals surface area contributed by atoms with E-state index in [2.05, 4.69) is 17.0 Å². The molecule has 6 heteroatoms. The number of carbonyl (C=O) groups is 2. The van der Waals surface area contributed by atoms with Crippen LogP contribution >= 0.6 is 0 Å². The maximum absolute atomic E-state index is 13.1. The van der Waals surface area contributed by atoms with Crippen molar-refractivity contribution in [2.75, 3.05) is 13.1 Å². The summed E-state index contributed by atoms with van der Waals surface area (Å²) >= 11 is 0. The van der Waals surface area contributed by atoms with E-state index in [-0.39, 0.29) is 5.78 Å². The summed E-state index contributed by atoms with van der Waals surface area (Å²) in [6.07, 6.45) is 4.07. The van der Waals surface area contributed by atoms with Crippen LogP contribution in [0.25, 0.3) is 6.08 Å². The van der Waals surface area contributed by atoms with Gasteiger partial charge in [-0.1, -0.05) is 36.4 Å². The number of fused-ring (bicyclic) bond motifs is 1. The molecule has 1 amide bonds. The number of nitrogens with zero attached hydrogens (tertiary/aromatic N) is 1. The molecule has 0 radical (unpaired) electrons. The summed E-state index contributed by atoms with van der Waals surface area (Å²) in [6, 6.07) is 15.6. The van der Waals surface area contributed by atoms with E-state index in [4.69, 9.17) is 9.94 Å². The highest BCUT2D eigenvalue weighted by atomic mass is 16.5. The van der Waals surface area contributed by atoms with E-state index in [1.54, 1.807) is 29.8 Å². The zero-order valence-corrected chi connectivity index (χ0v) is 15.4. The third-order valence-electron chi connectivity index (χ3n) is 5.42. The number of hydrogen-bond donors (Lipinski definition) is 2. The van der Waals surface area contributed by atoms with E-state index >= 15 is 0 Å². The molecule has 28 heavy (non-hydrogen) atoms. The van der Waals surface area contributed by atoms with Crippen LogP contribution in [0.1, 0.15) is 34.3 Å². The molecule has 0 saturated carbocycles. The number of piperidine rings is 1. The zero-order valence-electron chi connectivity index (χ0n) is 15.4. The molecule has 2 N–H and O–H groups in total. The van der Waals surface area contributed by atoms with Gasteiger partial charge in [0.25, 0.3) is 5.91 Å². The number of likely N-dealkylation sites (tertiary alicyclic amines) is 1. The lowest BCUT2D eigenvalue weighted by molar-refractivity contribution is -0.124. The van der Waals surface area contributed by atoms with Crippen LogP contribution in [0.4, 0.5) is 0 Å². The molecular formula is C22H22N2O4. The number of nitrogens with one attached hydrogen (secondary N) is 1. The van der Waals surface area contributed by atoms with Gasteiger partial charge in [0, 0.05) is 38.6 Å². The van der Waals surface area contributed by atoms with E-state index < -0.39 is 11.5 Å². The Hall–Kier alpha value is -2.96. The maximum atomic E-state index is 13.1. The number of ether oxygens (including phenoxy) is 1. The normalized spacial score (nSPS) is 18.2. The summed E-state index contributed by atoms with van der Waals surface area (Å²) in [5, 5.41) is 8.56. The molecule has 0 atom stereocenters. The minimum atomic E-state index is -0.777. The molecule has 1 fully saturated rings. The van der Waals surface area contributed by atoms with Crippen molar-refractivity contribution in [3.8, 4) is 5.75 Å². The first-order chi connectivity index (χ1) is 13.6. The Kier molecular flexibility index (Phi) is 4.98. The average Bonchev–Trinajstić information content (AvgIpc) is 3.00. The Labute approximate surface area is 163 Å². The van der Waals surface area contributed by atoms with Gasteiger partial charge in [0.05, 0.1) is 5.56 Å². The highest BCUT2D eigenvalue weighted by Crippen LogP contribution is 2.41. The van der Waals surface area contributed by atoms with Crippen LogP contribution in [0.3, 0.4) is 0 Å². The Morgan fingerprint density at radius 2 is 1.93 bits per heavy atom. The molecule has 1 spiro atoms. The zero-order chi connectivity index (χ0) is 19.6. The third-order valence-corrected chi connectivity index (χ3v) is 5.42. The molecule has 1 saturated heterocycles. The number of hydroxylamine groups is 1. The summed E-state index contributed by atoms with van der Waals surface area (Å²) in [7, 11) is 0. The van der Waals surface area contributed by atoms with Crippen molar-refractivity contribution in [1.29, 1.82) is 0 Å². The van der Waals surface area contributed by atoms with E-state index in [0.717, 1.165) is 19.6 Å². The average molecular weight is 378 g/mol. The summed E-state index contributed by atoms with van der Waals surface area (Å²) in [4.78, 5) is 26.6. The SMILES string of the molecule is O=C(/C=C/c1ccc2c(c1)C(=O)C1(CCN(Cc3ccccc3)CC1)O2)NO. The fraction of sp³-hybridized carbons (Fsp3) is 0.273. The second-order valence-electron chi connectivity index (χ2n) is 7.25. The molecule has 0 aromatic heterocycles. The van der Waals surface area contributed by atoms with Crippen LogP contribution in [0.15, 0.2) is 54.6 Å². The van der Waals surface area contributed by atoms with Gasteiger partial charge >= 0.3 is 0 Å². The number of ketones is 1. The number of Topliss-reactive ketones (excluding diaryl/α,β-unsaturated/α-hetero) is 1. The van der Waals surface area contributed by atoms with Crippen LogP contribution in [0.2, 0.25) is 0 Å². The first kappa shape index (κ1) is 18.4. The minimum absolute atomic E-state index is 0.0173. The molecule has 0 unspecified atom stereocenters. The molecular weight excluding hydrogens is 356 g/mol. The Morgan fingerprint density at radius 1 is 1.18 bits per heavy atom. The van der Waals surface area contributed by atoms with Crippen molar-refractivity contribution in [2.24, 2.45) is 0 Å². The lowest BCUT2D eigenvalue weighted by atomic mass is 9.85. The quantitative estimate of drug-likeness (QED) is 0.486. The van der Waals surface area contributed by atoms with Gasteiger partial charge in [-0.15, -0.1) is 0 Å². The number of carbonyl (C=O) groups excluding carboxylic acids is 2. The predicted molar refractivity (Wildman–Crippen MR) is 104 cm³/mol. The molecule has 2 heterocycles. The summed E-state index contributed by atoms with van der Waals surface area (Å²) in [5.74, 6) is -0.000627. The highest BCUT2D eigenvalue weighted by Gasteiger charge is 2.49. The van der Waals surface area contributed by atoms with Gasteiger partial charge in [0.15, 0.2) is 5.60 Å². The summed E-state index contributed by atoms with van der Waals surface area (Å²) < 4.78 is 6.13.